The van der Waals surface area contributed by atoms with Crippen molar-refractivity contribution in [1.29, 1.82) is 0 Å². The number of anilines is 1. The zero-order valence-corrected chi connectivity index (χ0v) is 8.63. The molecule has 0 amide bonds. The Morgan fingerprint density at radius 2 is 2.12 bits per heavy atom. The summed E-state index contributed by atoms with van der Waals surface area (Å²) in [5.41, 5.74) is 7.01. The van der Waals surface area contributed by atoms with Crippen LogP contribution in [0.25, 0.3) is 0 Å². The van der Waals surface area contributed by atoms with Crippen LogP contribution in [0.5, 0.6) is 11.5 Å². The van der Waals surface area contributed by atoms with Gasteiger partial charge in [0.2, 0.25) is 0 Å². The number of ether oxygens (including phenoxy) is 1. The number of nitrogens with two attached hydrogens (primary N) is 1. The van der Waals surface area contributed by atoms with Crippen LogP contribution in [-0.4, -0.2) is 10.1 Å². The number of rotatable bonds is 3. The molecule has 1 aromatic carbocycles. The lowest BCUT2D eigenvalue weighted by atomic mass is 10.3. The fraction of sp³-hybridized carbons (Fsp3) is 0.0833. The van der Waals surface area contributed by atoms with E-state index < -0.39 is 0 Å². The molecule has 0 spiro atoms. The molecule has 0 saturated carbocycles. The van der Waals surface area contributed by atoms with E-state index in [1.54, 1.807) is 42.6 Å². The second-order valence-corrected chi connectivity index (χ2v) is 3.33. The van der Waals surface area contributed by atoms with Gasteiger partial charge >= 0.3 is 0 Å². The van der Waals surface area contributed by atoms with Crippen molar-refractivity contribution < 1.29 is 9.84 Å². The largest absolute Gasteiger partial charge is 0.508 e. The average Bonchev–Trinajstić information content (AvgIpc) is 2.28. The summed E-state index contributed by atoms with van der Waals surface area (Å²) in [6, 6.07) is 10.1. The van der Waals surface area contributed by atoms with Gasteiger partial charge in [-0.2, -0.15) is 0 Å². The van der Waals surface area contributed by atoms with Gasteiger partial charge in [-0.05, 0) is 24.3 Å². The fourth-order valence-corrected chi connectivity index (χ4v) is 1.30. The van der Waals surface area contributed by atoms with Crippen LogP contribution in [0.15, 0.2) is 42.6 Å². The molecule has 0 aliphatic rings. The number of phenols is 1. The van der Waals surface area contributed by atoms with Crippen molar-refractivity contribution in [2.75, 3.05) is 5.73 Å². The van der Waals surface area contributed by atoms with Crippen molar-refractivity contribution in [3.63, 3.8) is 0 Å². The van der Waals surface area contributed by atoms with Crippen molar-refractivity contribution in [1.82, 2.24) is 4.98 Å². The van der Waals surface area contributed by atoms with Gasteiger partial charge in [0.1, 0.15) is 23.8 Å². The molecular formula is C12H12N2O2. The molecule has 0 saturated heterocycles. The van der Waals surface area contributed by atoms with Gasteiger partial charge in [0.05, 0.1) is 5.69 Å². The quantitative estimate of drug-likeness (QED) is 0.822. The Bertz CT molecular complexity index is 486. The van der Waals surface area contributed by atoms with Gasteiger partial charge in [0.25, 0.3) is 0 Å². The third kappa shape index (κ3) is 2.42. The van der Waals surface area contributed by atoms with Crippen LogP contribution in [0.2, 0.25) is 0 Å². The van der Waals surface area contributed by atoms with Crippen molar-refractivity contribution in [2.45, 2.75) is 6.61 Å². The Labute approximate surface area is 93.3 Å². The molecule has 2 aromatic rings. The van der Waals surface area contributed by atoms with Crippen LogP contribution in [-0.2, 0) is 6.61 Å². The summed E-state index contributed by atoms with van der Waals surface area (Å²) < 4.78 is 5.45. The first-order chi connectivity index (χ1) is 7.75. The van der Waals surface area contributed by atoms with Crippen LogP contribution in [0.3, 0.4) is 0 Å². The van der Waals surface area contributed by atoms with Crippen molar-refractivity contribution in [3.8, 4) is 11.5 Å². The molecule has 82 valence electrons. The molecule has 0 radical (unpaired) electrons. The summed E-state index contributed by atoms with van der Waals surface area (Å²) in [4.78, 5) is 4.10. The second-order valence-electron chi connectivity index (χ2n) is 3.33. The number of phenolic OH excluding ortho intramolecular Hbond substituents is 1. The van der Waals surface area contributed by atoms with Crippen molar-refractivity contribution >= 4 is 5.69 Å². The minimum Gasteiger partial charge on any atom is -0.508 e. The molecule has 1 heterocycles. The maximum Gasteiger partial charge on any atom is 0.132 e. The zero-order valence-electron chi connectivity index (χ0n) is 8.63. The maximum absolute atomic E-state index is 9.24. The molecule has 1 aromatic heterocycles. The number of pyridine rings is 1. The third-order valence-corrected chi connectivity index (χ3v) is 2.12. The summed E-state index contributed by atoms with van der Waals surface area (Å²) >= 11 is 0. The van der Waals surface area contributed by atoms with E-state index in [1.165, 1.54) is 0 Å². The molecule has 0 aliphatic heterocycles. The van der Waals surface area contributed by atoms with Gasteiger partial charge in [-0.1, -0.05) is 6.07 Å². The summed E-state index contributed by atoms with van der Waals surface area (Å²) in [5, 5.41) is 9.24. The van der Waals surface area contributed by atoms with E-state index in [2.05, 4.69) is 4.98 Å². The molecule has 2 rings (SSSR count). The van der Waals surface area contributed by atoms with E-state index in [4.69, 9.17) is 10.5 Å². The van der Waals surface area contributed by atoms with E-state index in [9.17, 15) is 5.11 Å². The predicted octanol–water partition coefficient (Wildman–Crippen LogP) is 1.95. The van der Waals surface area contributed by atoms with Crippen LogP contribution in [0, 0.1) is 0 Å². The topological polar surface area (TPSA) is 68.4 Å². The summed E-state index contributed by atoms with van der Waals surface area (Å²) in [7, 11) is 0. The van der Waals surface area contributed by atoms with Crippen LogP contribution >= 0.6 is 0 Å². The highest BCUT2D eigenvalue weighted by Crippen LogP contribution is 2.19. The van der Waals surface area contributed by atoms with Gasteiger partial charge in [0, 0.05) is 12.3 Å². The Morgan fingerprint density at radius 3 is 2.88 bits per heavy atom. The number of benzene rings is 1. The number of hydrogen-bond acceptors (Lipinski definition) is 4. The Morgan fingerprint density at radius 1 is 1.25 bits per heavy atom. The summed E-state index contributed by atoms with van der Waals surface area (Å²) in [6.07, 6.45) is 1.66. The van der Waals surface area contributed by atoms with Crippen LogP contribution in [0.4, 0.5) is 5.69 Å². The Balaban J connectivity index is 2.05. The number of aromatic hydroxyl groups is 1. The lowest BCUT2D eigenvalue weighted by Crippen LogP contribution is -2.02. The third-order valence-electron chi connectivity index (χ3n) is 2.12. The van der Waals surface area contributed by atoms with Gasteiger partial charge < -0.3 is 15.6 Å². The van der Waals surface area contributed by atoms with E-state index >= 15 is 0 Å². The molecular weight excluding hydrogens is 204 g/mol. The lowest BCUT2D eigenvalue weighted by Gasteiger charge is -2.07. The molecule has 4 nitrogen and oxygen atoms in total. The first-order valence-corrected chi connectivity index (χ1v) is 4.87. The summed E-state index contributed by atoms with van der Waals surface area (Å²) in [6.45, 7) is 0.288. The molecule has 4 heteroatoms. The van der Waals surface area contributed by atoms with Crippen LogP contribution < -0.4 is 10.5 Å². The molecule has 0 unspecified atom stereocenters. The number of hydrogen-bond donors (Lipinski definition) is 2. The zero-order chi connectivity index (χ0) is 11.4. The molecule has 0 fully saturated rings. The Kier molecular flexibility index (Phi) is 2.91. The molecule has 3 N–H and O–H groups in total. The van der Waals surface area contributed by atoms with Gasteiger partial charge in [0.15, 0.2) is 0 Å². The number of aromatic nitrogens is 1. The standard InChI is InChI=1S/C12H12N2O2/c13-11-5-2-6-14-12(11)8-16-10-4-1-3-9(15)7-10/h1-7,15H,8,13H2. The first-order valence-electron chi connectivity index (χ1n) is 4.87. The number of nitrogen functional groups attached to an aromatic ring is 1. The van der Waals surface area contributed by atoms with E-state index in [0.717, 1.165) is 0 Å². The monoisotopic (exact) mass is 216 g/mol. The first kappa shape index (κ1) is 10.3. The van der Waals surface area contributed by atoms with E-state index in [-0.39, 0.29) is 12.4 Å². The minimum atomic E-state index is 0.173. The lowest BCUT2D eigenvalue weighted by molar-refractivity contribution is 0.300. The van der Waals surface area contributed by atoms with Crippen molar-refractivity contribution in [2.24, 2.45) is 0 Å². The van der Waals surface area contributed by atoms with Gasteiger partial charge in [-0.15, -0.1) is 0 Å². The minimum absolute atomic E-state index is 0.173. The highest BCUT2D eigenvalue weighted by Gasteiger charge is 2.01. The Hall–Kier alpha value is -2.23. The smallest absolute Gasteiger partial charge is 0.132 e. The summed E-state index contributed by atoms with van der Waals surface area (Å²) in [5.74, 6) is 0.761. The predicted molar refractivity (Wildman–Crippen MR) is 61.1 cm³/mol. The molecule has 0 atom stereocenters. The van der Waals surface area contributed by atoms with Gasteiger partial charge in [-0.3, -0.25) is 4.98 Å². The molecule has 16 heavy (non-hydrogen) atoms. The second kappa shape index (κ2) is 4.53. The van der Waals surface area contributed by atoms with Crippen LogP contribution in [0.1, 0.15) is 5.69 Å². The molecule has 0 aliphatic carbocycles. The SMILES string of the molecule is Nc1cccnc1COc1cccc(O)c1. The highest BCUT2D eigenvalue weighted by atomic mass is 16.5. The molecule has 0 bridgehead atoms. The van der Waals surface area contributed by atoms with E-state index in [1.807, 2.05) is 0 Å². The normalized spacial score (nSPS) is 10.0. The highest BCUT2D eigenvalue weighted by molar-refractivity contribution is 5.41. The van der Waals surface area contributed by atoms with E-state index in [0.29, 0.717) is 17.1 Å². The fourth-order valence-electron chi connectivity index (χ4n) is 1.30. The maximum atomic E-state index is 9.24. The van der Waals surface area contributed by atoms with Crippen molar-refractivity contribution in [3.05, 3.63) is 48.3 Å². The average molecular weight is 216 g/mol. The van der Waals surface area contributed by atoms with Gasteiger partial charge in [-0.25, -0.2) is 0 Å². The number of nitrogens with zero attached hydrogens (tertiary/aromatic N) is 1.